The van der Waals surface area contributed by atoms with Crippen molar-refractivity contribution < 1.29 is 14.3 Å². The van der Waals surface area contributed by atoms with Crippen LogP contribution >= 0.6 is 0 Å². The summed E-state index contributed by atoms with van der Waals surface area (Å²) in [5.74, 6) is 1.22. The van der Waals surface area contributed by atoms with Gasteiger partial charge in [0.1, 0.15) is 0 Å². The molecular weight excluding hydrogens is 180 g/mol. The van der Waals surface area contributed by atoms with Crippen LogP contribution < -0.4 is 0 Å². The summed E-state index contributed by atoms with van der Waals surface area (Å²) in [5, 5.41) is 0. The van der Waals surface area contributed by atoms with Crippen molar-refractivity contribution in [1.29, 1.82) is 0 Å². The van der Waals surface area contributed by atoms with Crippen molar-refractivity contribution in [2.24, 2.45) is 11.8 Å². The van der Waals surface area contributed by atoms with Gasteiger partial charge in [0.15, 0.2) is 0 Å². The lowest BCUT2D eigenvalue weighted by Crippen LogP contribution is -2.03. The van der Waals surface area contributed by atoms with E-state index in [1.165, 1.54) is 25.7 Å². The molecule has 0 radical (unpaired) electrons. The zero-order valence-corrected chi connectivity index (χ0v) is 8.91. The Morgan fingerprint density at radius 1 is 0.929 bits per heavy atom. The SMILES string of the molecule is C1CC2CCC1C2.CC(=O)OC(C)=O. The van der Waals surface area contributed by atoms with Gasteiger partial charge in [0, 0.05) is 13.8 Å². The minimum Gasteiger partial charge on any atom is -0.394 e. The summed E-state index contributed by atoms with van der Waals surface area (Å²) in [6.07, 6.45) is 7.82. The summed E-state index contributed by atoms with van der Waals surface area (Å²) in [6.45, 7) is 2.36. The fourth-order valence-corrected chi connectivity index (χ4v) is 2.38. The average Bonchev–Trinajstić information content (AvgIpc) is 2.63. The van der Waals surface area contributed by atoms with E-state index in [9.17, 15) is 9.59 Å². The summed E-state index contributed by atoms with van der Waals surface area (Å²) in [7, 11) is 0. The van der Waals surface area contributed by atoms with Gasteiger partial charge in [-0.2, -0.15) is 0 Å². The molecule has 0 amide bonds. The summed E-state index contributed by atoms with van der Waals surface area (Å²) >= 11 is 0. The molecule has 2 bridgehead atoms. The largest absolute Gasteiger partial charge is 0.394 e. The molecule has 0 aromatic carbocycles. The van der Waals surface area contributed by atoms with E-state index in [1.807, 2.05) is 0 Å². The fourth-order valence-electron chi connectivity index (χ4n) is 2.38. The van der Waals surface area contributed by atoms with Gasteiger partial charge < -0.3 is 4.74 Å². The van der Waals surface area contributed by atoms with Gasteiger partial charge in [-0.1, -0.05) is 25.7 Å². The highest BCUT2D eigenvalue weighted by molar-refractivity contribution is 5.82. The number of esters is 2. The molecule has 3 nitrogen and oxygen atoms in total. The lowest BCUT2D eigenvalue weighted by atomic mass is 10.0. The van der Waals surface area contributed by atoms with E-state index in [2.05, 4.69) is 4.74 Å². The minimum atomic E-state index is -0.562. The molecule has 0 heterocycles. The Morgan fingerprint density at radius 2 is 1.29 bits per heavy atom. The molecule has 2 aliphatic carbocycles. The first-order chi connectivity index (χ1) is 6.58. The number of hydrogen-bond donors (Lipinski definition) is 0. The van der Waals surface area contributed by atoms with Crippen LogP contribution in [0.1, 0.15) is 46.0 Å². The third-order valence-electron chi connectivity index (χ3n) is 2.92. The van der Waals surface area contributed by atoms with Gasteiger partial charge in [0.25, 0.3) is 0 Å². The predicted molar refractivity (Wildman–Crippen MR) is 52.5 cm³/mol. The Kier molecular flexibility index (Phi) is 4.11. The summed E-state index contributed by atoms with van der Waals surface area (Å²) in [6, 6.07) is 0. The van der Waals surface area contributed by atoms with Crippen LogP contribution in [0, 0.1) is 11.8 Å². The number of rotatable bonds is 0. The van der Waals surface area contributed by atoms with E-state index in [1.54, 1.807) is 32.1 Å². The van der Waals surface area contributed by atoms with Crippen LogP contribution in [0.2, 0.25) is 0 Å². The van der Waals surface area contributed by atoms with Crippen molar-refractivity contribution in [3.8, 4) is 0 Å². The van der Waals surface area contributed by atoms with Crippen LogP contribution in [0.3, 0.4) is 0 Å². The van der Waals surface area contributed by atoms with E-state index in [-0.39, 0.29) is 0 Å². The maximum atomic E-state index is 9.81. The normalized spacial score (nSPS) is 27.9. The van der Waals surface area contributed by atoms with E-state index in [4.69, 9.17) is 0 Å². The van der Waals surface area contributed by atoms with Crippen molar-refractivity contribution in [1.82, 2.24) is 0 Å². The van der Waals surface area contributed by atoms with Gasteiger partial charge in [0.05, 0.1) is 0 Å². The number of ether oxygens (including phenoxy) is 1. The van der Waals surface area contributed by atoms with Gasteiger partial charge in [-0.25, -0.2) is 0 Å². The summed E-state index contributed by atoms with van der Waals surface area (Å²) in [4.78, 5) is 19.6. The number of carbonyl (C=O) groups is 2. The van der Waals surface area contributed by atoms with Crippen LogP contribution in [-0.2, 0) is 14.3 Å². The minimum absolute atomic E-state index is 0.562. The van der Waals surface area contributed by atoms with Crippen LogP contribution in [0.5, 0.6) is 0 Å². The standard InChI is InChI=1S/C7H12.C4H6O3/c1-2-7-4-3-6(1)5-7;1-3(5)7-4(2)6/h6-7H,1-5H2;1-2H3. The smallest absolute Gasteiger partial charge is 0.310 e. The molecule has 14 heavy (non-hydrogen) atoms. The second-order valence-electron chi connectivity index (χ2n) is 4.21. The van der Waals surface area contributed by atoms with E-state index < -0.39 is 11.9 Å². The first kappa shape index (κ1) is 11.2. The van der Waals surface area contributed by atoms with Crippen LogP contribution in [0.15, 0.2) is 0 Å². The Hall–Kier alpha value is -0.860. The second kappa shape index (κ2) is 5.13. The maximum absolute atomic E-state index is 9.81. The zero-order chi connectivity index (χ0) is 10.6. The Balaban J connectivity index is 0.000000140. The first-order valence-electron chi connectivity index (χ1n) is 5.27. The van der Waals surface area contributed by atoms with Crippen LogP contribution in [0.4, 0.5) is 0 Å². The molecule has 0 aromatic heterocycles. The number of carbonyl (C=O) groups excluding carboxylic acids is 2. The summed E-state index contributed by atoms with van der Waals surface area (Å²) < 4.78 is 3.97. The van der Waals surface area contributed by atoms with Gasteiger partial charge in [-0.15, -0.1) is 0 Å². The topological polar surface area (TPSA) is 43.4 Å². The molecule has 0 unspecified atom stereocenters. The van der Waals surface area contributed by atoms with Crippen molar-refractivity contribution in [2.45, 2.75) is 46.0 Å². The second-order valence-corrected chi connectivity index (χ2v) is 4.21. The monoisotopic (exact) mass is 198 g/mol. The van der Waals surface area contributed by atoms with Gasteiger partial charge >= 0.3 is 11.9 Å². The molecule has 0 atom stereocenters. The molecule has 2 fully saturated rings. The highest BCUT2D eigenvalue weighted by Crippen LogP contribution is 2.43. The molecule has 0 aliphatic heterocycles. The van der Waals surface area contributed by atoms with Crippen LogP contribution in [-0.4, -0.2) is 11.9 Å². The molecule has 2 saturated carbocycles. The van der Waals surface area contributed by atoms with Crippen LogP contribution in [0.25, 0.3) is 0 Å². The van der Waals surface area contributed by atoms with Gasteiger partial charge in [0.2, 0.25) is 0 Å². The lowest BCUT2D eigenvalue weighted by Gasteiger charge is -2.05. The molecule has 3 heteroatoms. The Morgan fingerprint density at radius 3 is 1.36 bits per heavy atom. The molecule has 0 spiro atoms. The highest BCUT2D eigenvalue weighted by Gasteiger charge is 2.30. The van der Waals surface area contributed by atoms with E-state index >= 15 is 0 Å². The van der Waals surface area contributed by atoms with Crippen molar-refractivity contribution in [2.75, 3.05) is 0 Å². The van der Waals surface area contributed by atoms with Crippen molar-refractivity contribution in [3.63, 3.8) is 0 Å². The van der Waals surface area contributed by atoms with Crippen molar-refractivity contribution in [3.05, 3.63) is 0 Å². The molecule has 0 aromatic rings. The maximum Gasteiger partial charge on any atom is 0.310 e. The molecular formula is C11H18O3. The fraction of sp³-hybridized carbons (Fsp3) is 0.818. The molecule has 0 saturated heterocycles. The first-order valence-corrected chi connectivity index (χ1v) is 5.27. The Labute approximate surface area is 84.8 Å². The zero-order valence-electron chi connectivity index (χ0n) is 8.91. The summed E-state index contributed by atoms with van der Waals surface area (Å²) in [5.41, 5.74) is 0. The van der Waals surface area contributed by atoms with E-state index in [0.717, 1.165) is 0 Å². The van der Waals surface area contributed by atoms with Crippen molar-refractivity contribution >= 4 is 11.9 Å². The molecule has 2 aliphatic rings. The average molecular weight is 198 g/mol. The molecule has 80 valence electrons. The third kappa shape index (κ3) is 3.90. The molecule has 2 rings (SSSR count). The Bertz CT molecular complexity index is 193. The quantitative estimate of drug-likeness (QED) is 0.443. The lowest BCUT2D eigenvalue weighted by molar-refractivity contribution is -0.156. The van der Waals surface area contributed by atoms with Gasteiger partial charge in [-0.3, -0.25) is 9.59 Å². The predicted octanol–water partition coefficient (Wildman–Crippen LogP) is 2.29. The number of fused-ring (bicyclic) bond motifs is 2. The number of hydrogen-bond acceptors (Lipinski definition) is 3. The van der Waals surface area contributed by atoms with E-state index in [0.29, 0.717) is 0 Å². The molecule has 0 N–H and O–H groups in total. The van der Waals surface area contributed by atoms with Gasteiger partial charge in [-0.05, 0) is 18.3 Å². The highest BCUT2D eigenvalue weighted by atomic mass is 16.6. The third-order valence-corrected chi connectivity index (χ3v) is 2.92.